The van der Waals surface area contributed by atoms with Crippen LogP contribution in [0, 0.1) is 101 Å². The van der Waals surface area contributed by atoms with Gasteiger partial charge in [0.05, 0.1) is 66.0 Å². The number of rotatable bonds is 31. The summed E-state index contributed by atoms with van der Waals surface area (Å²) in [6.45, 7) is 40.4. The first-order chi connectivity index (χ1) is 67.8. The number of nitrogens with one attached hydrogen (secondary N) is 4. The van der Waals surface area contributed by atoms with Gasteiger partial charge in [0.15, 0.2) is 0 Å². The monoisotopic (exact) mass is 2020 g/mol. The number of thiophene rings is 1. The molecule has 30 nitrogen and oxygen atoms in total. The number of nitrogens with zero attached hydrogens (tertiary/aromatic N) is 16. The van der Waals surface area contributed by atoms with Crippen molar-refractivity contribution in [2.24, 2.45) is 59.2 Å². The Morgan fingerprint density at radius 1 is 0.426 bits per heavy atom. The summed E-state index contributed by atoms with van der Waals surface area (Å²) in [6.07, 6.45) is 15.9. The average Bonchev–Trinajstić information content (AvgIpc) is 1.75. The number of carbonyl (C=O) groups is 4. The van der Waals surface area contributed by atoms with Crippen LogP contribution in [0.5, 0.6) is 0 Å². The second kappa shape index (κ2) is 47.0. The Kier molecular flexibility index (Phi) is 34.8. The van der Waals surface area contributed by atoms with Gasteiger partial charge in [-0.2, -0.15) is 19.9 Å². The highest BCUT2D eigenvalue weighted by Gasteiger charge is 2.47. The van der Waals surface area contributed by atoms with E-state index in [0.29, 0.717) is 98.6 Å². The number of likely N-dealkylation sites (tertiary alicyclic amines) is 4. The molecule has 2 saturated carbocycles. The van der Waals surface area contributed by atoms with Crippen molar-refractivity contribution in [1.29, 1.82) is 0 Å². The first-order valence-corrected chi connectivity index (χ1v) is 53.1. The molecule has 10 fully saturated rings. The molecule has 141 heavy (non-hydrogen) atoms. The van der Waals surface area contributed by atoms with Gasteiger partial charge in [-0.1, -0.05) is 94.9 Å². The number of aromatic carboxylic acids is 1. The summed E-state index contributed by atoms with van der Waals surface area (Å²) in [6, 6.07) is 26.8. The number of piperidine rings is 4. The van der Waals surface area contributed by atoms with Crippen molar-refractivity contribution < 1.29 is 49.4 Å². The van der Waals surface area contributed by atoms with Gasteiger partial charge in [0.1, 0.15) is 34.4 Å². The number of halogens is 4. The molecule has 758 valence electrons. The highest BCUT2D eigenvalue weighted by atomic mass is 35.5. The van der Waals surface area contributed by atoms with Gasteiger partial charge in [-0.3, -0.25) is 9.59 Å². The summed E-state index contributed by atoms with van der Waals surface area (Å²) in [5.41, 5.74) is 11.8. The molecule has 0 bridgehead atoms. The Bertz CT molecular complexity index is 5850. The number of aryl methyl sites for hydroxylation is 5. The second-order valence-electron chi connectivity index (χ2n) is 41.2. The lowest BCUT2D eigenvalue weighted by Gasteiger charge is -2.50. The van der Waals surface area contributed by atoms with E-state index in [1.165, 1.54) is 57.6 Å². The molecule has 19 rings (SSSR count). The number of aliphatic hydroxyl groups is 2. The normalized spacial score (nSPS) is 22.9. The zero-order valence-corrected chi connectivity index (χ0v) is 87.0. The fourth-order valence-corrected chi connectivity index (χ4v) is 24.4. The molecule has 8 aliphatic heterocycles. The zero-order valence-electron chi connectivity index (χ0n) is 83.2. The molecule has 10 aliphatic rings. The number of ether oxygens (including phenoxy) is 1. The third-order valence-electron chi connectivity index (χ3n) is 31.1. The highest BCUT2D eigenvalue weighted by molar-refractivity contribution is 7.17. The smallest absolute Gasteiger partial charge is 0.343 e. The maximum atomic E-state index is 12.6. The van der Waals surface area contributed by atoms with Gasteiger partial charge < -0.3 is 90.7 Å². The quantitative estimate of drug-likeness (QED) is 0.0182. The number of fused-ring (bicyclic) bond motifs is 1. The van der Waals surface area contributed by atoms with Crippen molar-refractivity contribution in [3.05, 3.63) is 184 Å². The fraction of sp³-hybridized carbons (Fsp3) is 0.566. The van der Waals surface area contributed by atoms with Crippen LogP contribution in [0.4, 0.5) is 47.1 Å². The van der Waals surface area contributed by atoms with Crippen LogP contribution in [0.15, 0.2) is 96.6 Å². The molecule has 8 atom stereocenters. The number of hydrogen-bond acceptors (Lipinski definition) is 28. The number of carboxylic acid groups (broad SMARTS) is 3. The van der Waals surface area contributed by atoms with Gasteiger partial charge in [0.2, 0.25) is 23.8 Å². The number of aliphatic carboxylic acids is 2. The molecule has 0 radical (unpaired) electrons. The minimum absolute atomic E-state index is 0.0192. The van der Waals surface area contributed by atoms with Crippen LogP contribution in [-0.2, 0) is 14.3 Å². The number of hydrogen-bond donors (Lipinski definition) is 9. The van der Waals surface area contributed by atoms with Crippen molar-refractivity contribution in [1.82, 2.24) is 59.5 Å². The topological polar surface area (TPSA) is 356 Å². The summed E-state index contributed by atoms with van der Waals surface area (Å²) >= 11 is 27.6. The lowest BCUT2D eigenvalue weighted by atomic mass is 9.76. The maximum Gasteiger partial charge on any atom is 0.343 e. The molecule has 2 aliphatic carbocycles. The van der Waals surface area contributed by atoms with E-state index in [2.05, 4.69) is 139 Å². The molecule has 9 aromatic rings. The van der Waals surface area contributed by atoms with Crippen molar-refractivity contribution in [3.8, 4) is 0 Å². The van der Waals surface area contributed by atoms with Crippen molar-refractivity contribution in [3.63, 3.8) is 0 Å². The molecule has 0 amide bonds. The van der Waals surface area contributed by atoms with Gasteiger partial charge in [-0.05, 0) is 307 Å². The summed E-state index contributed by atoms with van der Waals surface area (Å²) < 4.78 is 6.31. The van der Waals surface area contributed by atoms with Crippen LogP contribution in [0.25, 0.3) is 10.2 Å². The Hall–Kier alpha value is -9.64. The van der Waals surface area contributed by atoms with Crippen molar-refractivity contribution >= 4 is 139 Å². The first kappa shape index (κ1) is 104. The van der Waals surface area contributed by atoms with Gasteiger partial charge in [-0.25, -0.2) is 29.5 Å². The predicted octanol–water partition coefficient (Wildman–Crippen LogP) is 18.5. The Morgan fingerprint density at radius 2 is 0.773 bits per heavy atom. The summed E-state index contributed by atoms with van der Waals surface area (Å²) in [5, 5.41) is 65.3. The number of carboxylic acids is 3. The average molecular weight is 2030 g/mol. The van der Waals surface area contributed by atoms with Gasteiger partial charge in [-0.15, -0.1) is 11.3 Å². The number of β-amino-alcohol motifs (C(OH)–C–C–N with tert-alkyl or cyclic N) is 2. The van der Waals surface area contributed by atoms with Gasteiger partial charge in [0.25, 0.3) is 0 Å². The third kappa shape index (κ3) is 25.3. The molecule has 5 aromatic heterocycles. The van der Waals surface area contributed by atoms with E-state index in [-0.39, 0.29) is 61.4 Å². The van der Waals surface area contributed by atoms with E-state index in [0.717, 1.165) is 243 Å². The van der Waals surface area contributed by atoms with E-state index in [1.807, 2.05) is 90.1 Å². The van der Waals surface area contributed by atoms with Crippen LogP contribution >= 0.6 is 57.7 Å². The van der Waals surface area contributed by atoms with Crippen LogP contribution in [-0.4, -0.2) is 259 Å². The minimum Gasteiger partial charge on any atom is -0.481 e. The molecule has 0 spiro atoms. The Labute approximate surface area is 852 Å². The number of esters is 1. The van der Waals surface area contributed by atoms with Gasteiger partial charge >= 0.3 is 23.9 Å². The lowest BCUT2D eigenvalue weighted by molar-refractivity contribution is -0.148. The van der Waals surface area contributed by atoms with E-state index in [1.54, 1.807) is 24.5 Å². The number of aromatic nitrogens is 8. The molecule has 35 heteroatoms. The van der Waals surface area contributed by atoms with E-state index < -0.39 is 23.9 Å². The number of aliphatic hydroxyl groups excluding tert-OH is 2. The lowest BCUT2D eigenvalue weighted by Crippen LogP contribution is -2.57. The molecule has 4 aromatic carbocycles. The minimum atomic E-state index is -1.07. The second-order valence-corrected chi connectivity index (χ2v) is 43.7. The predicted molar refractivity (Wildman–Crippen MR) is 561 cm³/mol. The van der Waals surface area contributed by atoms with Gasteiger partial charge in [0, 0.05) is 147 Å². The fourth-order valence-electron chi connectivity index (χ4n) is 22.1. The van der Waals surface area contributed by atoms with Crippen molar-refractivity contribution in [2.45, 2.75) is 189 Å². The number of carbonyl (C=O) groups excluding carboxylic acids is 1. The zero-order chi connectivity index (χ0) is 99.7. The van der Waals surface area contributed by atoms with E-state index >= 15 is 0 Å². The molecule has 13 heterocycles. The van der Waals surface area contributed by atoms with Crippen LogP contribution in [0.2, 0.25) is 20.1 Å². The molecular formula is C106H140Cl4N20O10S. The number of anilines is 8. The van der Waals surface area contributed by atoms with Crippen LogP contribution in [0.3, 0.4) is 0 Å². The summed E-state index contributed by atoms with van der Waals surface area (Å²) in [7, 11) is 0. The largest absolute Gasteiger partial charge is 0.481 e. The molecular weight excluding hydrogens is 1890 g/mol. The number of benzene rings is 4. The Morgan fingerprint density at radius 3 is 1.16 bits per heavy atom. The molecule has 0 unspecified atom stereocenters. The van der Waals surface area contributed by atoms with Crippen LogP contribution in [0.1, 0.15) is 212 Å². The van der Waals surface area contributed by atoms with E-state index in [4.69, 9.17) is 76.1 Å². The first-order valence-electron chi connectivity index (χ1n) is 50.7. The maximum absolute atomic E-state index is 12.6. The molecule has 8 saturated heterocycles. The molecule has 9 N–H and O–H groups in total. The highest BCUT2D eigenvalue weighted by Crippen LogP contribution is 2.45. The van der Waals surface area contributed by atoms with Crippen LogP contribution < -0.4 is 40.9 Å². The van der Waals surface area contributed by atoms with Crippen molar-refractivity contribution in [2.75, 3.05) is 178 Å². The SMILES string of the molecule is CCOC(=O)c1cnc(N2CC([C@H]3CCCN(CCO)C3)C2)nc1N[C@H](C)c1ccc(C)cc1Cl.Cc1ccc([C@@H](C)Nc2nc(N3CC([C@H]4CCCN(C5CC(C(=O)O)C5)C4)C3)nc(C)c2C)c(Cl)c1.Cc1ccc([C@@H](C)Nc2nc(N3CC([C@H]4CCCN(C5CC(C(=O)O)C5)C4)C3)nc3ccsc23)c(Cl)c1.Cc1ccc([C@@H](C)Nc2nc(N3CC([C@H]4CCCN(CCO)C4)C3)ncc2C(=O)O)c(Cl)c1. The third-order valence-corrected chi connectivity index (χ3v) is 33.4. The van der Waals surface area contributed by atoms with E-state index in [9.17, 15) is 44.7 Å². The Balaban J connectivity index is 0.000000136. The summed E-state index contributed by atoms with van der Waals surface area (Å²) in [4.78, 5) is 103. The standard InChI is InChI=1S/C28H34ClN5O2S.C28H38ClN5O2.C26H36ClN5O3.C24H32ClN5O3/c1-16-5-6-22(23(29)10-16)17(2)30-26-25-24(7-9-37-25)31-28(32-26)34-14-20(15-34)18-4-3-8-33(13-18)21-11-19(12-21)27(35)36;1-16-7-8-24(25(29)10-16)19(4)30-26-17(2)18(3)31-28(32-26)34-14-22(15-34)20-6-5-9-33(13-20)23-11-21(12-23)27(35)36;1-4-35-25(34)22-13-28-26(30-24(22)29-18(3)21-8-7-17(2)12-23(21)27)32-15-20(16-32)19-6-5-9-31(14-19)10-11-33;1-15-5-6-19(21(25)10-15)16(2)27-22-20(23(32)33)11-26-24(28-22)30-13-18(14-30)17-4-3-7-29(12-17)8-9-31/h5-7,9-10,17-21H,3-4,8,11-15H2,1-2H3,(H,35,36)(H,30,31,32);7-8,10,19-23H,5-6,9,11-15H2,1-4H3,(H,35,36)(H,30,31,32);7-8,12-13,18-20,33H,4-6,9-11,14-16H2,1-3H3,(H,28,29,30);5-6,10-11,16-18,31H,3-4,7-9,12-14H2,1-2H3,(H,32,33)(H,26,27,28)/t17-,18+,19?,21?;19-,20+,21?,23?;18-,19+;16-,17+/m1111/s1. The summed E-state index contributed by atoms with van der Waals surface area (Å²) in [5.74, 6) is 7.21.